The summed E-state index contributed by atoms with van der Waals surface area (Å²) in [7, 11) is 0. The van der Waals surface area contributed by atoms with Gasteiger partial charge in [-0.05, 0) is 24.0 Å². The van der Waals surface area contributed by atoms with Gasteiger partial charge in [0.05, 0.1) is 12.6 Å². The van der Waals surface area contributed by atoms with Crippen molar-refractivity contribution in [3.63, 3.8) is 0 Å². The molecule has 0 aromatic heterocycles. The summed E-state index contributed by atoms with van der Waals surface area (Å²) >= 11 is 0. The third-order valence-electron chi connectivity index (χ3n) is 3.49. The first-order valence-electron chi connectivity index (χ1n) is 6.15. The maximum Gasteiger partial charge on any atom is 0.254 e. The average Bonchev–Trinajstić information content (AvgIpc) is 2.33. The molecule has 1 aromatic carbocycles. The van der Waals surface area contributed by atoms with Gasteiger partial charge in [0, 0.05) is 12.1 Å². The first kappa shape index (κ1) is 12.1. The number of aliphatic hydroxyl groups excluding tert-OH is 1. The van der Waals surface area contributed by atoms with Crippen LogP contribution in [0.4, 0.5) is 0 Å². The summed E-state index contributed by atoms with van der Waals surface area (Å²) in [6, 6.07) is 7.67. The predicted molar refractivity (Wildman–Crippen MR) is 66.9 cm³/mol. The highest BCUT2D eigenvalue weighted by Gasteiger charge is 2.30. The Morgan fingerprint density at radius 2 is 2.06 bits per heavy atom. The van der Waals surface area contributed by atoms with Crippen molar-refractivity contribution in [2.24, 2.45) is 5.92 Å². The second-order valence-corrected chi connectivity index (χ2v) is 4.90. The van der Waals surface area contributed by atoms with Gasteiger partial charge in [-0.15, -0.1) is 0 Å². The van der Waals surface area contributed by atoms with E-state index >= 15 is 0 Å². The van der Waals surface area contributed by atoms with Crippen molar-refractivity contribution in [3.8, 4) is 0 Å². The Kier molecular flexibility index (Phi) is 3.48. The highest BCUT2D eigenvalue weighted by atomic mass is 16.3. The van der Waals surface area contributed by atoms with E-state index in [1.54, 1.807) is 0 Å². The lowest BCUT2D eigenvalue weighted by atomic mass is 9.95. The average molecular weight is 233 g/mol. The van der Waals surface area contributed by atoms with Gasteiger partial charge in [-0.3, -0.25) is 4.79 Å². The van der Waals surface area contributed by atoms with Crippen LogP contribution in [0.25, 0.3) is 0 Å². The first-order chi connectivity index (χ1) is 8.15. The van der Waals surface area contributed by atoms with Gasteiger partial charge < -0.3 is 10.0 Å². The minimum atomic E-state index is -0.0733. The molecule has 0 unspecified atom stereocenters. The monoisotopic (exact) mass is 233 g/mol. The zero-order valence-corrected chi connectivity index (χ0v) is 10.4. The number of amides is 1. The molecular weight excluding hydrogens is 214 g/mol. The molecule has 1 aromatic rings. The van der Waals surface area contributed by atoms with Crippen molar-refractivity contribution in [1.29, 1.82) is 0 Å². The highest BCUT2D eigenvalue weighted by Crippen LogP contribution is 2.22. The van der Waals surface area contributed by atoms with Crippen molar-refractivity contribution < 1.29 is 9.90 Å². The van der Waals surface area contributed by atoms with Crippen LogP contribution in [0.3, 0.4) is 0 Å². The number of nitrogens with zero attached hydrogens (tertiary/aromatic N) is 1. The number of carbonyl (C=O) groups excluding carboxylic acids is 1. The molecule has 3 nitrogen and oxygen atoms in total. The van der Waals surface area contributed by atoms with E-state index in [9.17, 15) is 9.90 Å². The molecule has 0 aliphatic carbocycles. The van der Waals surface area contributed by atoms with Gasteiger partial charge in [-0.1, -0.05) is 32.0 Å². The second-order valence-electron chi connectivity index (χ2n) is 4.90. The molecule has 1 N–H and O–H groups in total. The van der Waals surface area contributed by atoms with Crippen LogP contribution in [0, 0.1) is 5.92 Å². The second kappa shape index (κ2) is 4.88. The van der Waals surface area contributed by atoms with E-state index in [1.165, 1.54) is 0 Å². The molecule has 0 fully saturated rings. The van der Waals surface area contributed by atoms with Crippen LogP contribution >= 0.6 is 0 Å². The van der Waals surface area contributed by atoms with Gasteiger partial charge in [-0.25, -0.2) is 0 Å². The minimum absolute atomic E-state index is 0.0333. The summed E-state index contributed by atoms with van der Waals surface area (Å²) in [5, 5.41) is 9.42. The van der Waals surface area contributed by atoms with E-state index in [4.69, 9.17) is 0 Å². The third kappa shape index (κ3) is 2.20. The van der Waals surface area contributed by atoms with Crippen LogP contribution in [0.1, 0.15) is 29.8 Å². The summed E-state index contributed by atoms with van der Waals surface area (Å²) in [4.78, 5) is 14.1. The van der Waals surface area contributed by atoms with Crippen LogP contribution in [-0.2, 0) is 6.42 Å². The molecule has 1 heterocycles. The quantitative estimate of drug-likeness (QED) is 0.863. The van der Waals surface area contributed by atoms with Gasteiger partial charge in [0.1, 0.15) is 0 Å². The summed E-state index contributed by atoms with van der Waals surface area (Å²) < 4.78 is 0. The Labute approximate surface area is 102 Å². The Balaban J connectivity index is 2.28. The van der Waals surface area contributed by atoms with E-state index in [-0.39, 0.29) is 24.5 Å². The summed E-state index contributed by atoms with van der Waals surface area (Å²) in [5.41, 5.74) is 1.91. The van der Waals surface area contributed by atoms with E-state index in [0.717, 1.165) is 17.5 Å². The lowest BCUT2D eigenvalue weighted by Gasteiger charge is -2.36. The van der Waals surface area contributed by atoms with E-state index in [0.29, 0.717) is 6.54 Å². The van der Waals surface area contributed by atoms with E-state index < -0.39 is 0 Å². The Hall–Kier alpha value is -1.35. The van der Waals surface area contributed by atoms with Gasteiger partial charge in [-0.2, -0.15) is 0 Å². The Morgan fingerprint density at radius 3 is 2.71 bits per heavy atom. The standard InChI is InChI=1S/C14H19NO2/c1-10(2)13(9-16)15-8-7-11-5-3-4-6-12(11)14(15)17/h3-6,10,13,16H,7-9H2,1-2H3/t13-/m0/s1. The number of hydrogen-bond acceptors (Lipinski definition) is 2. The van der Waals surface area contributed by atoms with Crippen LogP contribution in [0.15, 0.2) is 24.3 Å². The SMILES string of the molecule is CC(C)[C@H](CO)N1CCc2ccccc2C1=O. The predicted octanol–water partition coefficient (Wildman–Crippen LogP) is 1.70. The molecule has 1 aliphatic heterocycles. The van der Waals surface area contributed by atoms with Gasteiger partial charge >= 0.3 is 0 Å². The smallest absolute Gasteiger partial charge is 0.254 e. The molecule has 3 heteroatoms. The van der Waals surface area contributed by atoms with Crippen LogP contribution < -0.4 is 0 Å². The summed E-state index contributed by atoms with van der Waals surface area (Å²) in [6.07, 6.45) is 0.880. The topological polar surface area (TPSA) is 40.5 Å². The zero-order chi connectivity index (χ0) is 12.4. The molecule has 92 valence electrons. The molecule has 0 spiro atoms. The highest BCUT2D eigenvalue weighted by molar-refractivity contribution is 5.96. The lowest BCUT2D eigenvalue weighted by molar-refractivity contribution is 0.0487. The van der Waals surface area contributed by atoms with Crippen molar-refractivity contribution in [2.75, 3.05) is 13.2 Å². The van der Waals surface area contributed by atoms with Crippen LogP contribution in [0.5, 0.6) is 0 Å². The largest absolute Gasteiger partial charge is 0.394 e. The van der Waals surface area contributed by atoms with Crippen LogP contribution in [0.2, 0.25) is 0 Å². The number of carbonyl (C=O) groups is 1. The van der Waals surface area contributed by atoms with E-state index in [1.807, 2.05) is 43.0 Å². The summed E-state index contributed by atoms with van der Waals surface area (Å²) in [6.45, 7) is 4.81. The van der Waals surface area contributed by atoms with Gasteiger partial charge in [0.15, 0.2) is 0 Å². The molecular formula is C14H19NO2. The van der Waals surface area contributed by atoms with Crippen LogP contribution in [-0.4, -0.2) is 35.1 Å². The fourth-order valence-electron chi connectivity index (χ4n) is 2.43. The lowest BCUT2D eigenvalue weighted by Crippen LogP contribution is -2.48. The molecule has 0 radical (unpaired) electrons. The minimum Gasteiger partial charge on any atom is -0.394 e. The van der Waals surface area contributed by atoms with Gasteiger partial charge in [0.25, 0.3) is 5.91 Å². The van der Waals surface area contributed by atoms with Crippen molar-refractivity contribution in [3.05, 3.63) is 35.4 Å². The summed E-state index contributed by atoms with van der Waals surface area (Å²) in [5.74, 6) is 0.328. The molecule has 17 heavy (non-hydrogen) atoms. The van der Waals surface area contributed by atoms with Crippen molar-refractivity contribution >= 4 is 5.91 Å². The Bertz CT molecular complexity index is 414. The Morgan fingerprint density at radius 1 is 1.35 bits per heavy atom. The zero-order valence-electron chi connectivity index (χ0n) is 10.4. The molecule has 0 saturated carbocycles. The molecule has 1 aliphatic rings. The fraction of sp³-hybridized carbons (Fsp3) is 0.500. The molecule has 0 saturated heterocycles. The normalized spacial score (nSPS) is 17.2. The third-order valence-corrected chi connectivity index (χ3v) is 3.49. The molecule has 2 rings (SSSR count). The van der Waals surface area contributed by atoms with Gasteiger partial charge in [0.2, 0.25) is 0 Å². The van der Waals surface area contributed by atoms with Crippen molar-refractivity contribution in [2.45, 2.75) is 26.3 Å². The number of rotatable bonds is 3. The maximum absolute atomic E-state index is 12.3. The number of aliphatic hydroxyl groups is 1. The number of benzene rings is 1. The molecule has 1 atom stereocenters. The van der Waals surface area contributed by atoms with E-state index in [2.05, 4.69) is 0 Å². The van der Waals surface area contributed by atoms with Crippen molar-refractivity contribution in [1.82, 2.24) is 4.90 Å². The maximum atomic E-state index is 12.3. The number of hydrogen-bond donors (Lipinski definition) is 1. The number of fused-ring (bicyclic) bond motifs is 1. The molecule has 1 amide bonds. The fourth-order valence-corrected chi connectivity index (χ4v) is 2.43. The first-order valence-corrected chi connectivity index (χ1v) is 6.15. The molecule has 0 bridgehead atoms.